The molecule has 16 heavy (non-hydrogen) atoms. The van der Waals surface area contributed by atoms with Gasteiger partial charge in [-0.25, -0.2) is 4.79 Å². The van der Waals surface area contributed by atoms with Crippen LogP contribution < -0.4 is 10.5 Å². The molecule has 0 aliphatic rings. The SMILES string of the molecule is COc1c(CN)ccc2[nH]c(C(=O)O)cc12. The molecule has 1 aromatic carbocycles. The van der Waals surface area contributed by atoms with Crippen molar-refractivity contribution < 1.29 is 14.6 Å². The van der Waals surface area contributed by atoms with E-state index >= 15 is 0 Å². The first kappa shape index (κ1) is 10.5. The molecule has 0 saturated heterocycles. The second-order valence-corrected chi connectivity index (χ2v) is 3.41. The quantitative estimate of drug-likeness (QED) is 0.728. The lowest BCUT2D eigenvalue weighted by Gasteiger charge is -2.07. The molecule has 0 amide bonds. The van der Waals surface area contributed by atoms with Crippen LogP contribution in [0.1, 0.15) is 16.1 Å². The number of benzene rings is 1. The summed E-state index contributed by atoms with van der Waals surface area (Å²) in [5.74, 6) is -0.365. The third kappa shape index (κ3) is 1.51. The number of aromatic nitrogens is 1. The van der Waals surface area contributed by atoms with Crippen LogP contribution >= 0.6 is 0 Å². The van der Waals surface area contributed by atoms with Gasteiger partial charge in [0, 0.05) is 23.0 Å². The normalized spacial score (nSPS) is 10.6. The Morgan fingerprint density at radius 2 is 2.31 bits per heavy atom. The van der Waals surface area contributed by atoms with Gasteiger partial charge in [0.25, 0.3) is 0 Å². The van der Waals surface area contributed by atoms with Crippen molar-refractivity contribution in [3.05, 3.63) is 29.5 Å². The van der Waals surface area contributed by atoms with Crippen LogP contribution in [0.25, 0.3) is 10.9 Å². The van der Waals surface area contributed by atoms with Gasteiger partial charge in [0.1, 0.15) is 11.4 Å². The number of nitrogens with two attached hydrogens (primary N) is 1. The third-order valence-electron chi connectivity index (χ3n) is 2.49. The lowest BCUT2D eigenvalue weighted by Crippen LogP contribution is -1.99. The van der Waals surface area contributed by atoms with Gasteiger partial charge in [-0.05, 0) is 12.1 Å². The molecule has 5 nitrogen and oxygen atoms in total. The van der Waals surface area contributed by atoms with Gasteiger partial charge < -0.3 is 20.6 Å². The highest BCUT2D eigenvalue weighted by Gasteiger charge is 2.13. The van der Waals surface area contributed by atoms with Crippen molar-refractivity contribution in [2.75, 3.05) is 7.11 Å². The molecule has 2 rings (SSSR count). The number of rotatable bonds is 3. The van der Waals surface area contributed by atoms with Gasteiger partial charge in [-0.15, -0.1) is 0 Å². The van der Waals surface area contributed by atoms with Gasteiger partial charge >= 0.3 is 5.97 Å². The Hall–Kier alpha value is -2.01. The zero-order chi connectivity index (χ0) is 11.7. The number of carbonyl (C=O) groups is 1. The predicted molar refractivity (Wildman–Crippen MR) is 59.7 cm³/mol. The average Bonchev–Trinajstić information content (AvgIpc) is 2.71. The van der Waals surface area contributed by atoms with E-state index < -0.39 is 5.97 Å². The van der Waals surface area contributed by atoms with Crippen molar-refractivity contribution in [3.63, 3.8) is 0 Å². The molecule has 1 aromatic heterocycles. The number of H-pyrrole nitrogens is 1. The molecule has 84 valence electrons. The third-order valence-corrected chi connectivity index (χ3v) is 2.49. The largest absolute Gasteiger partial charge is 0.496 e. The smallest absolute Gasteiger partial charge is 0.352 e. The standard InChI is InChI=1S/C11H12N2O3/c1-16-10-6(5-12)2-3-8-7(10)4-9(13-8)11(14)15/h2-4,13H,5,12H2,1H3,(H,14,15). The summed E-state index contributed by atoms with van der Waals surface area (Å²) in [5, 5.41) is 9.62. The van der Waals surface area contributed by atoms with Gasteiger partial charge in [0.2, 0.25) is 0 Å². The number of carboxylic acids is 1. The number of nitrogens with one attached hydrogen (secondary N) is 1. The molecule has 0 atom stereocenters. The number of aromatic amines is 1. The monoisotopic (exact) mass is 220 g/mol. The van der Waals surface area contributed by atoms with Crippen molar-refractivity contribution in [2.45, 2.75) is 6.54 Å². The molecule has 0 saturated carbocycles. The van der Waals surface area contributed by atoms with Gasteiger partial charge in [-0.2, -0.15) is 0 Å². The molecular formula is C11H12N2O3. The lowest BCUT2D eigenvalue weighted by atomic mass is 10.1. The average molecular weight is 220 g/mol. The first-order valence-corrected chi connectivity index (χ1v) is 4.79. The first-order chi connectivity index (χ1) is 7.67. The van der Waals surface area contributed by atoms with Crippen LogP contribution in [-0.2, 0) is 6.54 Å². The topological polar surface area (TPSA) is 88.3 Å². The Morgan fingerprint density at radius 1 is 1.56 bits per heavy atom. The van der Waals surface area contributed by atoms with E-state index in [0.29, 0.717) is 12.3 Å². The maximum atomic E-state index is 10.8. The maximum Gasteiger partial charge on any atom is 0.352 e. The molecule has 0 bridgehead atoms. The van der Waals surface area contributed by atoms with Crippen molar-refractivity contribution in [1.29, 1.82) is 0 Å². The van der Waals surface area contributed by atoms with E-state index in [-0.39, 0.29) is 5.69 Å². The fourth-order valence-electron chi connectivity index (χ4n) is 1.74. The number of aromatic carboxylic acids is 1. The highest BCUT2D eigenvalue weighted by molar-refractivity contribution is 5.96. The fourth-order valence-corrected chi connectivity index (χ4v) is 1.74. The van der Waals surface area contributed by atoms with E-state index in [1.807, 2.05) is 6.07 Å². The molecule has 0 unspecified atom stereocenters. The summed E-state index contributed by atoms with van der Waals surface area (Å²) in [6.07, 6.45) is 0. The Morgan fingerprint density at radius 3 is 2.88 bits per heavy atom. The van der Waals surface area contributed by atoms with E-state index in [4.69, 9.17) is 15.6 Å². The molecule has 0 aliphatic carbocycles. The van der Waals surface area contributed by atoms with Gasteiger partial charge in [0.05, 0.1) is 7.11 Å². The van der Waals surface area contributed by atoms with Crippen molar-refractivity contribution in [2.24, 2.45) is 5.73 Å². The van der Waals surface area contributed by atoms with Crippen LogP contribution in [-0.4, -0.2) is 23.2 Å². The first-order valence-electron chi connectivity index (χ1n) is 4.79. The zero-order valence-corrected chi connectivity index (χ0v) is 8.78. The van der Waals surface area contributed by atoms with Crippen molar-refractivity contribution >= 4 is 16.9 Å². The summed E-state index contributed by atoms with van der Waals surface area (Å²) >= 11 is 0. The summed E-state index contributed by atoms with van der Waals surface area (Å²) in [6, 6.07) is 5.17. The van der Waals surface area contributed by atoms with E-state index in [2.05, 4.69) is 4.98 Å². The Kier molecular flexibility index (Phi) is 2.54. The Balaban J connectivity index is 2.71. The zero-order valence-electron chi connectivity index (χ0n) is 8.78. The Bertz CT molecular complexity index is 545. The van der Waals surface area contributed by atoms with E-state index in [0.717, 1.165) is 16.5 Å². The molecule has 2 aromatic rings. The van der Waals surface area contributed by atoms with Crippen molar-refractivity contribution in [1.82, 2.24) is 4.98 Å². The Labute approximate surface area is 91.8 Å². The molecule has 0 spiro atoms. The van der Waals surface area contributed by atoms with Crippen LogP contribution in [0.5, 0.6) is 5.75 Å². The van der Waals surface area contributed by atoms with Crippen LogP contribution in [0.3, 0.4) is 0 Å². The van der Waals surface area contributed by atoms with E-state index in [9.17, 15) is 4.79 Å². The maximum absolute atomic E-state index is 10.8. The van der Waals surface area contributed by atoms with Crippen LogP contribution in [0, 0.1) is 0 Å². The number of hydrogen-bond donors (Lipinski definition) is 3. The highest BCUT2D eigenvalue weighted by atomic mass is 16.5. The summed E-state index contributed by atoms with van der Waals surface area (Å²) < 4.78 is 5.25. The molecule has 0 fully saturated rings. The van der Waals surface area contributed by atoms with Crippen LogP contribution in [0.2, 0.25) is 0 Å². The predicted octanol–water partition coefficient (Wildman–Crippen LogP) is 1.33. The van der Waals surface area contributed by atoms with Gasteiger partial charge in [-0.1, -0.05) is 6.07 Å². The molecule has 0 radical (unpaired) electrons. The minimum Gasteiger partial charge on any atom is -0.496 e. The number of methoxy groups -OCH3 is 1. The minimum atomic E-state index is -0.993. The number of ether oxygens (including phenoxy) is 1. The van der Waals surface area contributed by atoms with Crippen LogP contribution in [0.4, 0.5) is 0 Å². The molecule has 1 heterocycles. The minimum absolute atomic E-state index is 0.141. The number of fused-ring (bicyclic) bond motifs is 1. The van der Waals surface area contributed by atoms with Gasteiger partial charge in [0.15, 0.2) is 0 Å². The van der Waals surface area contributed by atoms with Gasteiger partial charge in [-0.3, -0.25) is 0 Å². The molecule has 5 heteroatoms. The highest BCUT2D eigenvalue weighted by Crippen LogP contribution is 2.30. The van der Waals surface area contributed by atoms with Crippen molar-refractivity contribution in [3.8, 4) is 5.75 Å². The number of hydrogen-bond acceptors (Lipinski definition) is 3. The summed E-state index contributed by atoms with van der Waals surface area (Å²) in [6.45, 7) is 0.354. The number of carboxylic acid groups (broad SMARTS) is 1. The second-order valence-electron chi connectivity index (χ2n) is 3.41. The second kappa shape index (κ2) is 3.86. The summed E-state index contributed by atoms with van der Waals surface area (Å²) in [5.41, 5.74) is 7.30. The summed E-state index contributed by atoms with van der Waals surface area (Å²) in [7, 11) is 1.54. The molecular weight excluding hydrogens is 208 g/mol. The fraction of sp³-hybridized carbons (Fsp3) is 0.182. The molecule has 0 aliphatic heterocycles. The van der Waals surface area contributed by atoms with E-state index in [1.165, 1.54) is 0 Å². The lowest BCUT2D eigenvalue weighted by molar-refractivity contribution is 0.0691. The van der Waals surface area contributed by atoms with E-state index in [1.54, 1.807) is 19.2 Å². The molecule has 4 N–H and O–H groups in total. The van der Waals surface area contributed by atoms with Crippen LogP contribution in [0.15, 0.2) is 18.2 Å². The summed E-state index contributed by atoms with van der Waals surface area (Å²) in [4.78, 5) is 13.6.